The maximum atomic E-state index is 4.34. The normalized spacial score (nSPS) is 17.4. The van der Waals surface area contributed by atoms with E-state index in [1.807, 2.05) is 37.5 Å². The van der Waals surface area contributed by atoms with E-state index in [1.165, 1.54) is 5.56 Å². The summed E-state index contributed by atoms with van der Waals surface area (Å²) in [6, 6.07) is 12.5. The van der Waals surface area contributed by atoms with Crippen molar-refractivity contribution in [3.8, 4) is 0 Å². The van der Waals surface area contributed by atoms with Crippen molar-refractivity contribution in [2.45, 2.75) is 13.0 Å². The zero-order valence-electron chi connectivity index (χ0n) is 9.59. The Hall–Kier alpha value is -2.16. The third-order valence-electron chi connectivity index (χ3n) is 2.98. The maximum absolute atomic E-state index is 4.34. The van der Waals surface area contributed by atoms with Crippen molar-refractivity contribution in [1.82, 2.24) is 10.4 Å². The van der Waals surface area contributed by atoms with Gasteiger partial charge in [-0.15, -0.1) is 0 Å². The summed E-state index contributed by atoms with van der Waals surface area (Å²) >= 11 is 0. The fourth-order valence-electron chi connectivity index (χ4n) is 2.05. The highest BCUT2D eigenvalue weighted by molar-refractivity contribution is 5.83. The standard InChI is InChI=1S/C14H13N3/c1-10-6-7-12(8-15-10)14-13-5-3-2-4-11(13)9-16-17-14/h2-9,14,17H,1H3. The highest BCUT2D eigenvalue weighted by Crippen LogP contribution is 2.26. The molecule has 2 aromatic rings. The first-order chi connectivity index (χ1) is 8.34. The molecule has 17 heavy (non-hydrogen) atoms. The van der Waals surface area contributed by atoms with Crippen molar-refractivity contribution in [2.24, 2.45) is 5.10 Å². The molecule has 1 aliphatic rings. The minimum atomic E-state index is 0.101. The van der Waals surface area contributed by atoms with Gasteiger partial charge < -0.3 is 0 Å². The van der Waals surface area contributed by atoms with Crippen LogP contribution in [0.3, 0.4) is 0 Å². The SMILES string of the molecule is Cc1ccc(C2NN=Cc3ccccc32)cn1. The fourth-order valence-corrected chi connectivity index (χ4v) is 2.05. The van der Waals surface area contributed by atoms with Crippen LogP contribution < -0.4 is 5.43 Å². The number of aryl methyl sites for hydroxylation is 1. The second-order valence-electron chi connectivity index (χ2n) is 4.18. The van der Waals surface area contributed by atoms with E-state index < -0.39 is 0 Å². The predicted molar refractivity (Wildman–Crippen MR) is 68.0 cm³/mol. The predicted octanol–water partition coefficient (Wildman–Crippen LogP) is 2.42. The zero-order valence-corrected chi connectivity index (χ0v) is 9.59. The number of rotatable bonds is 1. The van der Waals surface area contributed by atoms with Crippen LogP contribution in [0.5, 0.6) is 0 Å². The molecule has 1 aliphatic heterocycles. The molecule has 1 unspecified atom stereocenters. The van der Waals surface area contributed by atoms with Gasteiger partial charge in [-0.3, -0.25) is 10.4 Å². The molecule has 1 aromatic carbocycles. The average Bonchev–Trinajstić information content (AvgIpc) is 2.39. The number of hydrazone groups is 1. The first-order valence-electron chi connectivity index (χ1n) is 5.65. The summed E-state index contributed by atoms with van der Waals surface area (Å²) in [6.45, 7) is 1.99. The second kappa shape index (κ2) is 4.01. The van der Waals surface area contributed by atoms with Gasteiger partial charge in [-0.25, -0.2) is 0 Å². The molecule has 0 saturated carbocycles. The summed E-state index contributed by atoms with van der Waals surface area (Å²) in [4.78, 5) is 4.34. The lowest BCUT2D eigenvalue weighted by Crippen LogP contribution is -2.22. The highest BCUT2D eigenvalue weighted by atomic mass is 15.3. The minimum absolute atomic E-state index is 0.101. The smallest absolute Gasteiger partial charge is 0.0960 e. The number of pyridine rings is 1. The highest BCUT2D eigenvalue weighted by Gasteiger charge is 2.18. The molecule has 3 heteroatoms. The number of fused-ring (bicyclic) bond motifs is 1. The molecular weight excluding hydrogens is 210 g/mol. The van der Waals surface area contributed by atoms with E-state index in [-0.39, 0.29) is 6.04 Å². The molecule has 0 aliphatic carbocycles. The third-order valence-corrected chi connectivity index (χ3v) is 2.98. The van der Waals surface area contributed by atoms with Crippen LogP contribution in [-0.4, -0.2) is 11.2 Å². The number of benzene rings is 1. The van der Waals surface area contributed by atoms with Crippen LogP contribution in [0.25, 0.3) is 0 Å². The molecule has 0 spiro atoms. The summed E-state index contributed by atoms with van der Waals surface area (Å²) in [6.07, 6.45) is 3.76. The van der Waals surface area contributed by atoms with Gasteiger partial charge in [0.2, 0.25) is 0 Å². The monoisotopic (exact) mass is 223 g/mol. The van der Waals surface area contributed by atoms with E-state index in [9.17, 15) is 0 Å². The summed E-state index contributed by atoms with van der Waals surface area (Å²) in [7, 11) is 0. The van der Waals surface area contributed by atoms with Gasteiger partial charge in [-0.1, -0.05) is 30.3 Å². The largest absolute Gasteiger partial charge is 0.298 e. The van der Waals surface area contributed by atoms with Crippen LogP contribution in [0.4, 0.5) is 0 Å². The van der Waals surface area contributed by atoms with Crippen molar-refractivity contribution in [3.05, 3.63) is 65.0 Å². The maximum Gasteiger partial charge on any atom is 0.0960 e. The lowest BCUT2D eigenvalue weighted by Gasteiger charge is -2.22. The van der Waals surface area contributed by atoms with E-state index in [0.717, 1.165) is 16.8 Å². The summed E-state index contributed by atoms with van der Waals surface area (Å²) in [5, 5.41) is 4.20. The van der Waals surface area contributed by atoms with Gasteiger partial charge in [0.25, 0.3) is 0 Å². The Labute approximate surface area is 100 Å². The van der Waals surface area contributed by atoms with E-state index in [0.29, 0.717) is 0 Å². The molecule has 1 aromatic heterocycles. The van der Waals surface area contributed by atoms with Crippen LogP contribution >= 0.6 is 0 Å². The van der Waals surface area contributed by atoms with Crippen molar-refractivity contribution < 1.29 is 0 Å². The molecule has 1 N–H and O–H groups in total. The Bertz CT molecular complexity index is 558. The van der Waals surface area contributed by atoms with Gasteiger partial charge in [-0.05, 0) is 24.1 Å². The molecule has 0 saturated heterocycles. The van der Waals surface area contributed by atoms with Crippen LogP contribution in [0, 0.1) is 6.92 Å². The molecule has 0 radical (unpaired) electrons. The van der Waals surface area contributed by atoms with Gasteiger partial charge in [0.1, 0.15) is 0 Å². The third kappa shape index (κ3) is 1.80. The number of nitrogens with zero attached hydrogens (tertiary/aromatic N) is 2. The lowest BCUT2D eigenvalue weighted by atomic mass is 9.95. The number of hydrogen-bond donors (Lipinski definition) is 1. The molecule has 3 nitrogen and oxygen atoms in total. The lowest BCUT2D eigenvalue weighted by molar-refractivity contribution is 0.629. The minimum Gasteiger partial charge on any atom is -0.298 e. The van der Waals surface area contributed by atoms with E-state index >= 15 is 0 Å². The first kappa shape index (κ1) is 10.0. The first-order valence-corrected chi connectivity index (χ1v) is 5.65. The van der Waals surface area contributed by atoms with Gasteiger partial charge in [0.15, 0.2) is 0 Å². The van der Waals surface area contributed by atoms with Gasteiger partial charge in [0.05, 0.1) is 12.3 Å². The van der Waals surface area contributed by atoms with Crippen molar-refractivity contribution in [1.29, 1.82) is 0 Å². The van der Waals surface area contributed by atoms with Crippen LogP contribution in [-0.2, 0) is 0 Å². The van der Waals surface area contributed by atoms with Crippen molar-refractivity contribution >= 4 is 6.21 Å². The molecule has 1 atom stereocenters. The number of hydrogen-bond acceptors (Lipinski definition) is 3. The van der Waals surface area contributed by atoms with Crippen molar-refractivity contribution in [3.63, 3.8) is 0 Å². The molecule has 0 bridgehead atoms. The van der Waals surface area contributed by atoms with E-state index in [1.54, 1.807) is 0 Å². The Balaban J connectivity index is 2.05. The topological polar surface area (TPSA) is 37.3 Å². The molecule has 0 fully saturated rings. The summed E-state index contributed by atoms with van der Waals surface area (Å²) in [5.41, 5.74) is 7.72. The quantitative estimate of drug-likeness (QED) is 0.806. The Morgan fingerprint density at radius 1 is 1.12 bits per heavy atom. The molecule has 84 valence electrons. The van der Waals surface area contributed by atoms with Gasteiger partial charge in [-0.2, -0.15) is 5.10 Å². The zero-order chi connectivity index (χ0) is 11.7. The summed E-state index contributed by atoms with van der Waals surface area (Å²) < 4.78 is 0. The van der Waals surface area contributed by atoms with Crippen LogP contribution in [0.15, 0.2) is 47.7 Å². The summed E-state index contributed by atoms with van der Waals surface area (Å²) in [5.74, 6) is 0. The Morgan fingerprint density at radius 2 is 2.00 bits per heavy atom. The van der Waals surface area contributed by atoms with E-state index in [2.05, 4.69) is 33.7 Å². The van der Waals surface area contributed by atoms with Crippen LogP contribution in [0.1, 0.15) is 28.4 Å². The average molecular weight is 223 g/mol. The van der Waals surface area contributed by atoms with Crippen LogP contribution in [0.2, 0.25) is 0 Å². The molecular formula is C14H13N3. The number of aromatic nitrogens is 1. The van der Waals surface area contributed by atoms with Crippen molar-refractivity contribution in [2.75, 3.05) is 0 Å². The second-order valence-corrected chi connectivity index (χ2v) is 4.18. The van der Waals surface area contributed by atoms with Gasteiger partial charge in [0, 0.05) is 17.5 Å². The fraction of sp³-hybridized carbons (Fsp3) is 0.143. The Morgan fingerprint density at radius 3 is 2.82 bits per heavy atom. The molecule has 0 amide bonds. The van der Waals surface area contributed by atoms with E-state index in [4.69, 9.17) is 0 Å². The Kier molecular flexibility index (Phi) is 2.37. The molecule has 3 rings (SSSR count). The molecule has 2 heterocycles. The number of nitrogens with one attached hydrogen (secondary N) is 1. The van der Waals surface area contributed by atoms with Gasteiger partial charge >= 0.3 is 0 Å².